The van der Waals surface area contributed by atoms with Crippen LogP contribution in [0, 0.1) is 0 Å². The summed E-state index contributed by atoms with van der Waals surface area (Å²) in [6.07, 6.45) is 3.22. The highest BCUT2D eigenvalue weighted by molar-refractivity contribution is 7.89. The molecule has 21 heavy (non-hydrogen) atoms. The van der Waals surface area contributed by atoms with Gasteiger partial charge in [-0.05, 0) is 19.4 Å². The zero-order valence-electron chi connectivity index (χ0n) is 12.1. The molecule has 1 aromatic rings. The summed E-state index contributed by atoms with van der Waals surface area (Å²) in [7, 11) is -6.52. The molecule has 10 heteroatoms. The summed E-state index contributed by atoms with van der Waals surface area (Å²) in [4.78, 5) is 0. The van der Waals surface area contributed by atoms with E-state index in [1.807, 2.05) is 0 Å². The maximum Gasteiger partial charge on any atom is 0.214 e. The van der Waals surface area contributed by atoms with Gasteiger partial charge in [-0.1, -0.05) is 0 Å². The SMILES string of the molecule is CCS(=O)(=O)N1Cc2ccnn2[C@H](CCNS(C)(=O)=O)C1. The van der Waals surface area contributed by atoms with Crippen LogP contribution in [-0.4, -0.2) is 56.0 Å². The van der Waals surface area contributed by atoms with Gasteiger partial charge in [0.05, 0.1) is 30.3 Å². The minimum absolute atomic E-state index is 0.0510. The third-order valence-electron chi connectivity index (χ3n) is 3.45. The number of rotatable bonds is 6. The number of hydrogen-bond donors (Lipinski definition) is 1. The number of hydrogen-bond acceptors (Lipinski definition) is 5. The first-order valence-electron chi connectivity index (χ1n) is 6.68. The van der Waals surface area contributed by atoms with Gasteiger partial charge in [-0.15, -0.1) is 0 Å². The van der Waals surface area contributed by atoms with Gasteiger partial charge in [0.2, 0.25) is 20.0 Å². The van der Waals surface area contributed by atoms with E-state index in [0.29, 0.717) is 19.5 Å². The summed E-state index contributed by atoms with van der Waals surface area (Å²) in [5.74, 6) is 0.0510. The van der Waals surface area contributed by atoms with Crippen molar-refractivity contribution in [1.29, 1.82) is 0 Å². The van der Waals surface area contributed by atoms with Crippen molar-refractivity contribution < 1.29 is 16.8 Å². The predicted molar refractivity (Wildman–Crippen MR) is 78.6 cm³/mol. The van der Waals surface area contributed by atoms with Gasteiger partial charge in [-0.2, -0.15) is 9.40 Å². The number of nitrogens with zero attached hydrogens (tertiary/aromatic N) is 3. The van der Waals surface area contributed by atoms with Crippen molar-refractivity contribution in [3.63, 3.8) is 0 Å². The fourth-order valence-electron chi connectivity index (χ4n) is 2.37. The summed E-state index contributed by atoms with van der Waals surface area (Å²) in [5.41, 5.74) is 0.822. The van der Waals surface area contributed by atoms with Gasteiger partial charge in [-0.3, -0.25) is 4.68 Å². The second-order valence-corrected chi connectivity index (χ2v) is 9.16. The summed E-state index contributed by atoms with van der Waals surface area (Å²) < 4.78 is 51.9. The second kappa shape index (κ2) is 6.03. The van der Waals surface area contributed by atoms with Gasteiger partial charge >= 0.3 is 0 Å². The van der Waals surface area contributed by atoms with E-state index in [1.165, 1.54) is 4.31 Å². The van der Waals surface area contributed by atoms with Crippen molar-refractivity contribution in [2.45, 2.75) is 25.9 Å². The molecule has 1 aliphatic rings. The average Bonchev–Trinajstić information content (AvgIpc) is 2.85. The van der Waals surface area contributed by atoms with Crippen molar-refractivity contribution in [3.05, 3.63) is 18.0 Å². The lowest BCUT2D eigenvalue weighted by atomic mass is 10.1. The summed E-state index contributed by atoms with van der Waals surface area (Å²) in [5, 5.41) is 4.21. The summed E-state index contributed by atoms with van der Waals surface area (Å²) >= 11 is 0. The molecule has 0 bridgehead atoms. The molecule has 0 spiro atoms. The van der Waals surface area contributed by atoms with Crippen molar-refractivity contribution in [2.24, 2.45) is 0 Å². The quantitative estimate of drug-likeness (QED) is 0.757. The lowest BCUT2D eigenvalue weighted by Gasteiger charge is -2.33. The Morgan fingerprint density at radius 2 is 2.10 bits per heavy atom. The van der Waals surface area contributed by atoms with E-state index in [1.54, 1.807) is 23.9 Å². The molecule has 1 N–H and O–H groups in total. The number of aromatic nitrogens is 2. The van der Waals surface area contributed by atoms with E-state index in [4.69, 9.17) is 0 Å². The first-order valence-corrected chi connectivity index (χ1v) is 10.2. The van der Waals surface area contributed by atoms with Crippen LogP contribution >= 0.6 is 0 Å². The number of nitrogens with one attached hydrogen (secondary N) is 1. The van der Waals surface area contributed by atoms with E-state index in [0.717, 1.165) is 11.9 Å². The molecule has 1 atom stereocenters. The van der Waals surface area contributed by atoms with Gasteiger partial charge in [0, 0.05) is 19.3 Å². The van der Waals surface area contributed by atoms with Crippen LogP contribution in [-0.2, 0) is 26.6 Å². The smallest absolute Gasteiger partial charge is 0.214 e. The minimum atomic E-state index is -3.27. The molecule has 0 amide bonds. The van der Waals surface area contributed by atoms with Crippen molar-refractivity contribution in [2.75, 3.05) is 25.1 Å². The molecule has 0 aromatic carbocycles. The highest BCUT2D eigenvalue weighted by Crippen LogP contribution is 2.24. The highest BCUT2D eigenvalue weighted by atomic mass is 32.2. The Hall–Kier alpha value is -0.970. The molecule has 0 unspecified atom stereocenters. The van der Waals surface area contributed by atoms with Crippen molar-refractivity contribution >= 4 is 20.0 Å². The van der Waals surface area contributed by atoms with Crippen molar-refractivity contribution in [3.8, 4) is 0 Å². The maximum atomic E-state index is 12.0. The standard InChI is InChI=1S/C11H20N4O4S2/c1-3-21(18,19)14-8-10-4-6-12-15(10)11(9-14)5-7-13-20(2,16)17/h4,6,11,13H,3,5,7-9H2,1-2H3/t11-/m1/s1. The molecule has 8 nitrogen and oxygen atoms in total. The van der Waals surface area contributed by atoms with Crippen LogP contribution in [0.25, 0.3) is 0 Å². The molecule has 0 aliphatic carbocycles. The monoisotopic (exact) mass is 336 g/mol. The lowest BCUT2D eigenvalue weighted by molar-refractivity contribution is 0.256. The molecule has 1 aromatic heterocycles. The van der Waals surface area contributed by atoms with Crippen LogP contribution < -0.4 is 4.72 Å². The van der Waals surface area contributed by atoms with Crippen LogP contribution in [0.15, 0.2) is 12.3 Å². The summed E-state index contributed by atoms with van der Waals surface area (Å²) in [6.45, 7) is 2.49. The molecule has 0 saturated heterocycles. The van der Waals surface area contributed by atoms with Crippen LogP contribution in [0.1, 0.15) is 25.1 Å². The van der Waals surface area contributed by atoms with E-state index in [9.17, 15) is 16.8 Å². The Morgan fingerprint density at radius 3 is 2.71 bits per heavy atom. The minimum Gasteiger partial charge on any atom is -0.264 e. The van der Waals surface area contributed by atoms with Crippen LogP contribution in [0.3, 0.4) is 0 Å². The molecule has 0 radical (unpaired) electrons. The molecule has 0 fully saturated rings. The Labute approximate surface area is 125 Å². The maximum absolute atomic E-state index is 12.0. The van der Waals surface area contributed by atoms with E-state index >= 15 is 0 Å². The second-order valence-electron chi connectivity index (χ2n) is 5.07. The molecule has 1 aliphatic heterocycles. The fraction of sp³-hybridized carbons (Fsp3) is 0.727. The van der Waals surface area contributed by atoms with Crippen LogP contribution in [0.4, 0.5) is 0 Å². The predicted octanol–water partition coefficient (Wildman–Crippen LogP) is -0.471. The Morgan fingerprint density at radius 1 is 1.38 bits per heavy atom. The normalized spacial score (nSPS) is 20.4. The Kier molecular flexibility index (Phi) is 4.71. The van der Waals surface area contributed by atoms with E-state index < -0.39 is 20.0 Å². The van der Waals surface area contributed by atoms with Crippen LogP contribution in [0.2, 0.25) is 0 Å². The Balaban J connectivity index is 2.14. The van der Waals surface area contributed by atoms with Crippen molar-refractivity contribution in [1.82, 2.24) is 18.8 Å². The van der Waals surface area contributed by atoms with Gasteiger partial charge < -0.3 is 0 Å². The van der Waals surface area contributed by atoms with E-state index in [-0.39, 0.29) is 18.3 Å². The van der Waals surface area contributed by atoms with Gasteiger partial charge in [0.25, 0.3) is 0 Å². The fourth-order valence-corrected chi connectivity index (χ4v) is 3.95. The molecular weight excluding hydrogens is 316 g/mol. The zero-order chi connectivity index (χ0) is 15.7. The number of fused-ring (bicyclic) bond motifs is 1. The topological polar surface area (TPSA) is 101 Å². The lowest BCUT2D eigenvalue weighted by Crippen LogP contribution is -2.42. The molecular formula is C11H20N4O4S2. The molecule has 2 heterocycles. The molecule has 0 saturated carbocycles. The third kappa shape index (κ3) is 4.02. The molecule has 2 rings (SSSR count). The summed E-state index contributed by atoms with van der Waals surface area (Å²) in [6, 6.07) is 1.62. The van der Waals surface area contributed by atoms with Gasteiger partial charge in [-0.25, -0.2) is 21.6 Å². The zero-order valence-corrected chi connectivity index (χ0v) is 13.7. The average molecular weight is 336 g/mol. The third-order valence-corrected chi connectivity index (χ3v) is 5.97. The van der Waals surface area contributed by atoms with Gasteiger partial charge in [0.15, 0.2) is 0 Å². The van der Waals surface area contributed by atoms with Crippen LogP contribution in [0.5, 0.6) is 0 Å². The largest absolute Gasteiger partial charge is 0.264 e. The highest BCUT2D eigenvalue weighted by Gasteiger charge is 2.31. The number of sulfonamides is 2. The van der Waals surface area contributed by atoms with Gasteiger partial charge in [0.1, 0.15) is 0 Å². The molecule has 120 valence electrons. The Bertz CT molecular complexity index is 696. The van der Waals surface area contributed by atoms with E-state index in [2.05, 4.69) is 9.82 Å². The first-order chi connectivity index (χ1) is 9.73. The first kappa shape index (κ1) is 16.4.